The summed E-state index contributed by atoms with van der Waals surface area (Å²) >= 11 is 1.38. The van der Waals surface area contributed by atoms with E-state index in [4.69, 9.17) is 15.4 Å². The average molecular weight is 608 g/mol. The molecule has 0 aliphatic heterocycles. The maximum absolute atomic E-state index is 13.9. The second kappa shape index (κ2) is 11.0. The molecule has 1 aromatic heterocycles. The zero-order valence-electron chi connectivity index (χ0n) is 25.4. The van der Waals surface area contributed by atoms with E-state index in [2.05, 4.69) is 19.9 Å². The van der Waals surface area contributed by atoms with Crippen molar-refractivity contribution in [3.05, 3.63) is 78.4 Å². The molecule has 3 aromatic rings. The van der Waals surface area contributed by atoms with Gasteiger partial charge in [0.25, 0.3) is 0 Å². The second-order valence-electron chi connectivity index (χ2n) is 13.9. The van der Waals surface area contributed by atoms with E-state index < -0.39 is 17.1 Å². The summed E-state index contributed by atoms with van der Waals surface area (Å²) in [6, 6.07) is 21.8. The highest BCUT2D eigenvalue weighted by Gasteiger charge is 2.68. The summed E-state index contributed by atoms with van der Waals surface area (Å²) in [4.78, 5) is 23.5. The van der Waals surface area contributed by atoms with Crippen molar-refractivity contribution in [2.75, 3.05) is 5.75 Å². The first-order valence-corrected chi connectivity index (χ1v) is 16.9. The van der Waals surface area contributed by atoms with Crippen LogP contribution in [-0.2, 0) is 4.79 Å². The van der Waals surface area contributed by atoms with Crippen LogP contribution in [0.25, 0.3) is 10.9 Å². The summed E-state index contributed by atoms with van der Waals surface area (Å²) < 4.78 is 0. The summed E-state index contributed by atoms with van der Waals surface area (Å²) in [6.45, 7) is 4.33. The quantitative estimate of drug-likeness (QED) is 0.203. The van der Waals surface area contributed by atoms with E-state index in [1.54, 1.807) is 0 Å². The van der Waals surface area contributed by atoms with E-state index in [1.165, 1.54) is 23.5 Å². The Balaban J connectivity index is 1.13. The molecule has 2 aromatic carbocycles. The van der Waals surface area contributed by atoms with E-state index in [-0.39, 0.29) is 40.6 Å². The molecule has 7 rings (SSSR count). The fourth-order valence-electron chi connectivity index (χ4n) is 9.59. The Labute approximate surface area is 263 Å². The zero-order valence-corrected chi connectivity index (χ0v) is 26.3. The minimum Gasteiger partial charge on any atom is -0.393 e. The van der Waals surface area contributed by atoms with Gasteiger partial charge in [0.05, 0.1) is 28.1 Å². The normalized spacial score (nSPS) is 37.1. The standard InChI is InChI=1S/C37H41N3O3S/c1-35-19-24(21-38)30(39-26-9-4-3-5-10-26)18-25(35)13-14-27-28-16-17-37(43,36(28,2)20-31(41)34(27)35)32(42)22-44-33-15-12-23-8-6-7-11-29(23)40-33/h3-12,15,18,21,24,27-28,31,34,38,41,43H,13-14,16-17,19-20,22H2,1-2H3. The number of aliphatic imine (C=N–C) groups is 1. The number of carbonyl (C=O) groups is 1. The third-order valence-electron chi connectivity index (χ3n) is 11.8. The molecular weight excluding hydrogens is 566 g/mol. The van der Waals surface area contributed by atoms with Gasteiger partial charge in [0.2, 0.25) is 0 Å². The maximum atomic E-state index is 13.9. The molecule has 44 heavy (non-hydrogen) atoms. The number of nitrogens with one attached hydrogen (secondary N) is 1. The summed E-state index contributed by atoms with van der Waals surface area (Å²) in [5.41, 5.74) is 1.61. The number of Topliss-reactive ketones (excluding diaryl/α,β-unsaturated/α-hetero) is 1. The number of rotatable bonds is 6. The number of nitrogens with zero attached hydrogens (tertiary/aromatic N) is 2. The van der Waals surface area contributed by atoms with Crippen LogP contribution in [0, 0.1) is 39.9 Å². The summed E-state index contributed by atoms with van der Waals surface area (Å²) in [5, 5.41) is 34.2. The molecule has 0 amide bonds. The molecule has 7 heteroatoms. The Morgan fingerprint density at radius 2 is 1.84 bits per heavy atom. The molecule has 3 saturated carbocycles. The predicted molar refractivity (Wildman–Crippen MR) is 177 cm³/mol. The van der Waals surface area contributed by atoms with E-state index in [0.29, 0.717) is 12.8 Å². The van der Waals surface area contributed by atoms with Gasteiger partial charge >= 0.3 is 0 Å². The smallest absolute Gasteiger partial charge is 0.175 e. The molecule has 0 saturated heterocycles. The van der Waals surface area contributed by atoms with Gasteiger partial charge in [0, 0.05) is 28.6 Å². The van der Waals surface area contributed by atoms with Crippen molar-refractivity contribution in [2.24, 2.45) is 39.5 Å². The van der Waals surface area contributed by atoms with Gasteiger partial charge < -0.3 is 15.6 Å². The number of pyridine rings is 1. The van der Waals surface area contributed by atoms with Gasteiger partial charge in [-0.2, -0.15) is 0 Å². The number of aliphatic hydroxyl groups is 2. The number of ketones is 1. The fraction of sp³-hybridized carbons (Fsp3) is 0.459. The van der Waals surface area contributed by atoms with Crippen LogP contribution in [0.3, 0.4) is 0 Å². The number of benzene rings is 2. The Kier molecular flexibility index (Phi) is 7.42. The highest BCUT2D eigenvalue weighted by atomic mass is 32.2. The number of aliphatic hydroxyl groups excluding tert-OH is 1. The Bertz CT molecular complexity index is 1670. The highest BCUT2D eigenvalue weighted by molar-refractivity contribution is 7.99. The molecule has 8 atom stereocenters. The number of allylic oxidation sites excluding steroid dienone is 2. The lowest BCUT2D eigenvalue weighted by Gasteiger charge is -2.61. The van der Waals surface area contributed by atoms with Crippen LogP contribution < -0.4 is 0 Å². The Morgan fingerprint density at radius 1 is 1.07 bits per heavy atom. The molecule has 8 unspecified atom stereocenters. The van der Waals surface area contributed by atoms with Gasteiger partial charge in [-0.1, -0.05) is 73.6 Å². The van der Waals surface area contributed by atoms with E-state index in [1.807, 2.05) is 66.7 Å². The van der Waals surface area contributed by atoms with Crippen molar-refractivity contribution < 1.29 is 15.0 Å². The second-order valence-corrected chi connectivity index (χ2v) is 14.9. The van der Waals surface area contributed by atoms with Gasteiger partial charge in [0.1, 0.15) is 5.60 Å². The number of fused-ring (bicyclic) bond motifs is 6. The number of para-hydroxylation sites is 2. The first-order valence-electron chi connectivity index (χ1n) is 15.9. The van der Waals surface area contributed by atoms with Crippen LogP contribution in [0.1, 0.15) is 52.4 Å². The third-order valence-corrected chi connectivity index (χ3v) is 12.7. The molecule has 1 heterocycles. The van der Waals surface area contributed by atoms with Crippen LogP contribution in [0.5, 0.6) is 0 Å². The van der Waals surface area contributed by atoms with E-state index in [9.17, 15) is 15.0 Å². The van der Waals surface area contributed by atoms with Gasteiger partial charge in [-0.05, 0) is 92.0 Å². The van der Waals surface area contributed by atoms with Crippen LogP contribution >= 0.6 is 11.8 Å². The largest absolute Gasteiger partial charge is 0.393 e. The zero-order chi connectivity index (χ0) is 30.7. The molecule has 4 aliphatic rings. The lowest BCUT2D eigenvalue weighted by molar-refractivity contribution is -0.178. The molecule has 0 radical (unpaired) electrons. The molecule has 6 nitrogen and oxygen atoms in total. The summed E-state index contributed by atoms with van der Waals surface area (Å²) in [7, 11) is 0. The Morgan fingerprint density at radius 3 is 2.64 bits per heavy atom. The molecule has 3 fully saturated rings. The third kappa shape index (κ3) is 4.62. The molecular formula is C37H41N3O3S. The van der Waals surface area contributed by atoms with E-state index in [0.717, 1.165) is 53.0 Å². The Hall–Kier alpha value is -3.13. The van der Waals surface area contributed by atoms with E-state index >= 15 is 0 Å². The SMILES string of the molecule is CC12CC(C=N)C(=Nc3ccccc3)C=C1CCC1C2C(O)CC2(C)C1CCC2(O)C(=O)CSc1ccc2ccccc2n1. The van der Waals surface area contributed by atoms with Gasteiger partial charge in [-0.15, -0.1) is 0 Å². The average Bonchev–Trinajstić information content (AvgIpc) is 3.30. The predicted octanol–water partition coefficient (Wildman–Crippen LogP) is 7.21. The lowest BCUT2D eigenvalue weighted by atomic mass is 9.45. The molecule has 4 aliphatic carbocycles. The minimum atomic E-state index is -1.47. The van der Waals surface area contributed by atoms with Crippen molar-refractivity contribution in [3.8, 4) is 0 Å². The van der Waals surface area contributed by atoms with Gasteiger partial charge in [-0.3, -0.25) is 9.79 Å². The summed E-state index contributed by atoms with van der Waals surface area (Å²) in [5.74, 6) is 0.273. The number of thioether (sulfide) groups is 1. The van der Waals surface area contributed by atoms with Crippen LogP contribution in [0.15, 0.2) is 88.4 Å². The number of hydrogen-bond acceptors (Lipinski definition) is 7. The first-order chi connectivity index (χ1) is 21.2. The fourth-order valence-corrected chi connectivity index (χ4v) is 10.4. The van der Waals surface area contributed by atoms with Crippen molar-refractivity contribution in [1.29, 1.82) is 5.41 Å². The minimum absolute atomic E-state index is 0.0231. The van der Waals surface area contributed by atoms with Crippen LogP contribution in [0.2, 0.25) is 0 Å². The summed E-state index contributed by atoms with van der Waals surface area (Å²) in [6.07, 6.45) is 7.29. The number of carbonyl (C=O) groups excluding carboxylic acids is 1. The molecule has 0 bridgehead atoms. The molecule has 228 valence electrons. The van der Waals surface area contributed by atoms with Crippen molar-refractivity contribution in [1.82, 2.24) is 4.98 Å². The topological polar surface area (TPSA) is 107 Å². The number of aromatic nitrogens is 1. The first kappa shape index (κ1) is 29.6. The van der Waals surface area contributed by atoms with Crippen LogP contribution in [-0.4, -0.2) is 50.4 Å². The van der Waals surface area contributed by atoms with Crippen molar-refractivity contribution in [2.45, 2.75) is 69.1 Å². The molecule has 0 spiro atoms. The van der Waals surface area contributed by atoms with Gasteiger partial charge in [-0.25, -0.2) is 4.98 Å². The van der Waals surface area contributed by atoms with Crippen molar-refractivity contribution in [3.63, 3.8) is 0 Å². The maximum Gasteiger partial charge on any atom is 0.175 e. The monoisotopic (exact) mass is 607 g/mol. The highest BCUT2D eigenvalue weighted by Crippen LogP contribution is 2.68. The van der Waals surface area contributed by atoms with Crippen LogP contribution in [0.4, 0.5) is 5.69 Å². The number of hydrogen-bond donors (Lipinski definition) is 3. The van der Waals surface area contributed by atoms with Gasteiger partial charge in [0.15, 0.2) is 5.78 Å². The molecule has 3 N–H and O–H groups in total. The lowest BCUT2D eigenvalue weighted by Crippen LogP contribution is -2.62. The van der Waals surface area contributed by atoms with Crippen molar-refractivity contribution >= 4 is 46.1 Å².